The van der Waals surface area contributed by atoms with Gasteiger partial charge in [0, 0.05) is 5.92 Å². The van der Waals surface area contributed by atoms with Gasteiger partial charge in [-0.05, 0) is 12.1 Å². The number of furan rings is 1. The van der Waals surface area contributed by atoms with Crippen LogP contribution in [0.3, 0.4) is 0 Å². The van der Waals surface area contributed by atoms with Gasteiger partial charge in [0.25, 0.3) is 0 Å². The molecule has 0 aromatic carbocycles. The second-order valence-electron chi connectivity index (χ2n) is 2.77. The van der Waals surface area contributed by atoms with E-state index in [1.54, 1.807) is 12.1 Å². The van der Waals surface area contributed by atoms with E-state index in [0.717, 1.165) is 5.76 Å². The normalized spacial score (nSPS) is 10.6. The lowest BCUT2D eigenvalue weighted by Crippen LogP contribution is -2.28. The lowest BCUT2D eigenvalue weighted by Gasteiger charge is -1.97. The quantitative estimate of drug-likeness (QED) is 0.593. The van der Waals surface area contributed by atoms with E-state index < -0.39 is 7.12 Å². The van der Waals surface area contributed by atoms with Gasteiger partial charge in [-0.25, -0.2) is 0 Å². The van der Waals surface area contributed by atoms with Gasteiger partial charge in [-0.3, -0.25) is 0 Å². The Morgan fingerprint density at radius 3 is 2.27 bits per heavy atom. The van der Waals surface area contributed by atoms with Gasteiger partial charge in [0.15, 0.2) is 0 Å². The van der Waals surface area contributed by atoms with Crippen molar-refractivity contribution in [3.8, 4) is 0 Å². The van der Waals surface area contributed by atoms with E-state index in [4.69, 9.17) is 14.5 Å². The molecule has 0 unspecified atom stereocenters. The van der Waals surface area contributed by atoms with Gasteiger partial charge in [0.1, 0.15) is 11.4 Å². The second-order valence-corrected chi connectivity index (χ2v) is 2.77. The molecule has 0 fully saturated rings. The molecule has 0 spiro atoms. The molecule has 3 nitrogen and oxygen atoms in total. The molecule has 1 heterocycles. The zero-order chi connectivity index (χ0) is 8.43. The van der Waals surface area contributed by atoms with E-state index in [1.807, 2.05) is 13.8 Å². The fourth-order valence-electron chi connectivity index (χ4n) is 0.817. The predicted octanol–water partition coefficient (Wildman–Crippen LogP) is 0.0828. The highest BCUT2D eigenvalue weighted by atomic mass is 16.4. The van der Waals surface area contributed by atoms with Crippen LogP contribution >= 0.6 is 0 Å². The Morgan fingerprint density at radius 1 is 1.36 bits per heavy atom. The van der Waals surface area contributed by atoms with Gasteiger partial charge < -0.3 is 14.5 Å². The van der Waals surface area contributed by atoms with Gasteiger partial charge >= 0.3 is 7.12 Å². The highest BCUT2D eigenvalue weighted by Gasteiger charge is 2.16. The molecule has 0 amide bonds. The van der Waals surface area contributed by atoms with Crippen molar-refractivity contribution in [2.75, 3.05) is 0 Å². The molecule has 0 atom stereocenters. The molecule has 2 N–H and O–H groups in total. The van der Waals surface area contributed by atoms with E-state index in [0.29, 0.717) is 0 Å². The van der Waals surface area contributed by atoms with Crippen molar-refractivity contribution in [1.82, 2.24) is 0 Å². The molecule has 0 bridgehead atoms. The third-order valence-corrected chi connectivity index (χ3v) is 1.47. The van der Waals surface area contributed by atoms with Crippen LogP contribution in [0.25, 0.3) is 0 Å². The molecule has 1 rings (SSSR count). The summed E-state index contributed by atoms with van der Waals surface area (Å²) < 4.78 is 5.11. The summed E-state index contributed by atoms with van der Waals surface area (Å²) in [4.78, 5) is 0. The molecule has 4 heteroatoms. The van der Waals surface area contributed by atoms with E-state index in [9.17, 15) is 0 Å². The summed E-state index contributed by atoms with van der Waals surface area (Å²) in [5, 5.41) is 17.4. The molecule has 0 saturated heterocycles. The Kier molecular flexibility index (Phi) is 2.36. The predicted molar refractivity (Wildman–Crippen MR) is 42.6 cm³/mol. The molecule has 60 valence electrons. The average molecular weight is 154 g/mol. The van der Waals surface area contributed by atoms with Gasteiger partial charge in [-0.1, -0.05) is 13.8 Å². The minimum absolute atomic E-state index is 0.203. The zero-order valence-corrected chi connectivity index (χ0v) is 6.61. The van der Waals surface area contributed by atoms with Crippen LogP contribution in [0.5, 0.6) is 0 Å². The summed E-state index contributed by atoms with van der Waals surface area (Å²) in [5.41, 5.74) is 0.203. The van der Waals surface area contributed by atoms with Crippen molar-refractivity contribution in [3.63, 3.8) is 0 Å². The van der Waals surface area contributed by atoms with Crippen molar-refractivity contribution in [2.24, 2.45) is 0 Å². The molecule has 0 aliphatic heterocycles. The van der Waals surface area contributed by atoms with Crippen molar-refractivity contribution in [1.29, 1.82) is 0 Å². The highest BCUT2D eigenvalue weighted by molar-refractivity contribution is 6.56. The van der Waals surface area contributed by atoms with Crippen LogP contribution in [-0.4, -0.2) is 17.2 Å². The van der Waals surface area contributed by atoms with E-state index in [1.165, 1.54) is 0 Å². The molecule has 1 aromatic rings. The van der Waals surface area contributed by atoms with Gasteiger partial charge in [-0.15, -0.1) is 0 Å². The van der Waals surface area contributed by atoms with Gasteiger partial charge in [0.05, 0.1) is 0 Å². The molecular formula is C7H11BO3. The fourth-order valence-corrected chi connectivity index (χ4v) is 0.817. The first-order valence-corrected chi connectivity index (χ1v) is 3.57. The third kappa shape index (κ3) is 1.85. The largest absolute Gasteiger partial charge is 0.526 e. The lowest BCUT2D eigenvalue weighted by molar-refractivity contribution is 0.402. The summed E-state index contributed by atoms with van der Waals surface area (Å²) in [6.45, 7) is 3.96. The standard InChI is InChI=1S/C7H11BO3/c1-5(2)6-3-4-7(11-6)8(9)10/h3-5,9-10H,1-2H3. The Hall–Kier alpha value is -0.735. The van der Waals surface area contributed by atoms with Crippen molar-refractivity contribution < 1.29 is 14.5 Å². The fraction of sp³-hybridized carbons (Fsp3) is 0.429. The van der Waals surface area contributed by atoms with Crippen LogP contribution in [0.2, 0.25) is 0 Å². The minimum atomic E-state index is -1.50. The Labute approximate surface area is 65.8 Å². The minimum Gasteiger partial charge on any atom is -0.469 e. The van der Waals surface area contributed by atoms with Crippen LogP contribution in [0.15, 0.2) is 16.5 Å². The average Bonchev–Trinajstić information content (AvgIpc) is 2.33. The van der Waals surface area contributed by atoms with Crippen LogP contribution in [0, 0.1) is 0 Å². The topological polar surface area (TPSA) is 53.6 Å². The third-order valence-electron chi connectivity index (χ3n) is 1.47. The SMILES string of the molecule is CC(C)c1ccc(B(O)O)o1. The van der Waals surface area contributed by atoms with Crippen LogP contribution < -0.4 is 5.66 Å². The Bertz CT molecular complexity index is 207. The molecule has 0 radical (unpaired) electrons. The van der Waals surface area contributed by atoms with Crippen LogP contribution in [-0.2, 0) is 0 Å². The highest BCUT2D eigenvalue weighted by Crippen LogP contribution is 2.12. The molecule has 0 aliphatic carbocycles. The smallest absolute Gasteiger partial charge is 0.469 e. The lowest BCUT2D eigenvalue weighted by atomic mass is 9.88. The molecule has 1 aromatic heterocycles. The number of rotatable bonds is 2. The van der Waals surface area contributed by atoms with Gasteiger partial charge in [0.2, 0.25) is 0 Å². The van der Waals surface area contributed by atoms with E-state index in [2.05, 4.69) is 0 Å². The maximum atomic E-state index is 8.68. The van der Waals surface area contributed by atoms with E-state index in [-0.39, 0.29) is 11.6 Å². The molecule has 0 saturated carbocycles. The van der Waals surface area contributed by atoms with Crippen LogP contribution in [0.4, 0.5) is 0 Å². The van der Waals surface area contributed by atoms with Crippen molar-refractivity contribution in [2.45, 2.75) is 19.8 Å². The first-order valence-electron chi connectivity index (χ1n) is 3.57. The summed E-state index contributed by atoms with van der Waals surface area (Å²) >= 11 is 0. The number of hydrogen-bond acceptors (Lipinski definition) is 3. The monoisotopic (exact) mass is 154 g/mol. The summed E-state index contributed by atoms with van der Waals surface area (Å²) in [5.74, 6) is 1.05. The maximum absolute atomic E-state index is 8.68. The van der Waals surface area contributed by atoms with Crippen LogP contribution in [0.1, 0.15) is 25.5 Å². The Morgan fingerprint density at radius 2 is 2.00 bits per heavy atom. The number of hydrogen-bond donors (Lipinski definition) is 2. The first kappa shape index (κ1) is 8.36. The second kappa shape index (κ2) is 3.11. The molecule has 11 heavy (non-hydrogen) atoms. The summed E-state index contributed by atoms with van der Waals surface area (Å²) in [7, 11) is -1.50. The molecular weight excluding hydrogens is 143 g/mol. The maximum Gasteiger partial charge on any atom is 0.526 e. The van der Waals surface area contributed by atoms with Crippen molar-refractivity contribution in [3.05, 3.63) is 17.9 Å². The van der Waals surface area contributed by atoms with Gasteiger partial charge in [-0.2, -0.15) is 0 Å². The molecule has 0 aliphatic rings. The summed E-state index contributed by atoms with van der Waals surface area (Å²) in [6.07, 6.45) is 0. The Balaban J connectivity index is 2.82. The zero-order valence-electron chi connectivity index (χ0n) is 6.61. The first-order chi connectivity index (χ1) is 5.11. The van der Waals surface area contributed by atoms with E-state index >= 15 is 0 Å². The van der Waals surface area contributed by atoms with Crippen molar-refractivity contribution >= 4 is 12.8 Å². The summed E-state index contributed by atoms with van der Waals surface area (Å²) in [6, 6.07) is 3.32.